The number of rotatable bonds is 8. The molecule has 0 saturated carbocycles. The van der Waals surface area contributed by atoms with Gasteiger partial charge in [0.05, 0.1) is 11.3 Å². The van der Waals surface area contributed by atoms with Crippen LogP contribution in [-0.2, 0) is 6.54 Å². The summed E-state index contributed by atoms with van der Waals surface area (Å²) in [4.78, 5) is 19.0. The fraction of sp³-hybridized carbons (Fsp3) is 0.176. The molecule has 134 valence electrons. The maximum Gasteiger partial charge on any atom is 0.311 e. The van der Waals surface area contributed by atoms with Crippen LogP contribution in [0.4, 0.5) is 23.0 Å². The molecule has 1 aromatic carbocycles. The molecule has 0 spiro atoms. The highest BCUT2D eigenvalue weighted by atomic mass is 16.6. The Morgan fingerprint density at radius 1 is 1.19 bits per heavy atom. The van der Waals surface area contributed by atoms with Crippen molar-refractivity contribution in [2.24, 2.45) is 0 Å². The van der Waals surface area contributed by atoms with Crippen LogP contribution in [0.5, 0.6) is 5.75 Å². The Kier molecular flexibility index (Phi) is 5.28. The molecule has 2 aromatic heterocycles. The number of nitro groups is 1. The number of anilines is 3. The van der Waals surface area contributed by atoms with Gasteiger partial charge in [0.15, 0.2) is 0 Å². The van der Waals surface area contributed by atoms with E-state index >= 15 is 0 Å². The summed E-state index contributed by atoms with van der Waals surface area (Å²) >= 11 is 0. The SMILES string of the molecule is O=[N+]([O-])c1ccc(NCCCn2ccnc2)nc1Nc1ccc(O)cc1. The highest BCUT2D eigenvalue weighted by Crippen LogP contribution is 2.27. The second-order valence-electron chi connectivity index (χ2n) is 5.57. The lowest BCUT2D eigenvalue weighted by Crippen LogP contribution is -2.08. The second-order valence-corrected chi connectivity index (χ2v) is 5.57. The average Bonchev–Trinajstić information content (AvgIpc) is 3.14. The predicted octanol–water partition coefficient (Wildman–Crippen LogP) is 3.14. The molecule has 3 rings (SSSR count). The van der Waals surface area contributed by atoms with Gasteiger partial charge >= 0.3 is 5.69 Å². The fourth-order valence-electron chi connectivity index (χ4n) is 2.37. The van der Waals surface area contributed by atoms with Crippen LogP contribution in [0.2, 0.25) is 0 Å². The summed E-state index contributed by atoms with van der Waals surface area (Å²) < 4.78 is 1.97. The third kappa shape index (κ3) is 4.47. The van der Waals surface area contributed by atoms with Crippen LogP contribution in [0.15, 0.2) is 55.1 Å². The number of phenolic OH excluding ortho intramolecular Hbond substituents is 1. The van der Waals surface area contributed by atoms with Gasteiger partial charge in [-0.25, -0.2) is 9.97 Å². The van der Waals surface area contributed by atoms with E-state index in [-0.39, 0.29) is 17.3 Å². The number of benzene rings is 1. The lowest BCUT2D eigenvalue weighted by atomic mass is 10.3. The Bertz CT molecular complexity index is 865. The Morgan fingerprint density at radius 3 is 2.69 bits per heavy atom. The number of aromatic hydroxyl groups is 1. The smallest absolute Gasteiger partial charge is 0.311 e. The van der Waals surface area contributed by atoms with Crippen LogP contribution >= 0.6 is 0 Å². The van der Waals surface area contributed by atoms with Crippen LogP contribution in [0.25, 0.3) is 0 Å². The monoisotopic (exact) mass is 354 g/mol. The maximum atomic E-state index is 11.2. The van der Waals surface area contributed by atoms with Crippen molar-refractivity contribution in [3.05, 3.63) is 65.2 Å². The van der Waals surface area contributed by atoms with Crippen LogP contribution < -0.4 is 10.6 Å². The number of pyridine rings is 1. The number of nitrogens with one attached hydrogen (secondary N) is 2. The van der Waals surface area contributed by atoms with Crippen molar-refractivity contribution in [2.45, 2.75) is 13.0 Å². The summed E-state index contributed by atoms with van der Waals surface area (Å²) in [6, 6.07) is 9.21. The van der Waals surface area contributed by atoms with E-state index < -0.39 is 4.92 Å². The summed E-state index contributed by atoms with van der Waals surface area (Å²) in [7, 11) is 0. The number of aromatic nitrogens is 3. The summed E-state index contributed by atoms with van der Waals surface area (Å²) in [6.45, 7) is 1.49. The molecule has 0 fully saturated rings. The van der Waals surface area contributed by atoms with Gasteiger partial charge in [-0.2, -0.15) is 0 Å². The van der Waals surface area contributed by atoms with E-state index in [1.165, 1.54) is 18.2 Å². The molecule has 26 heavy (non-hydrogen) atoms. The number of imidazole rings is 1. The van der Waals surface area contributed by atoms with E-state index in [0.717, 1.165) is 13.0 Å². The zero-order valence-corrected chi connectivity index (χ0v) is 13.9. The molecule has 3 aromatic rings. The standard InChI is InChI=1S/C17H18N6O3/c24-14-4-2-13(3-5-14)20-17-15(23(25)26)6-7-16(21-17)19-8-1-10-22-11-9-18-12-22/h2-7,9,11-12,24H,1,8,10H2,(H2,19,20,21). The molecule has 0 aliphatic rings. The fourth-order valence-corrected chi connectivity index (χ4v) is 2.37. The molecular weight excluding hydrogens is 336 g/mol. The first-order valence-electron chi connectivity index (χ1n) is 8.03. The first-order valence-corrected chi connectivity index (χ1v) is 8.03. The molecule has 0 atom stereocenters. The second kappa shape index (κ2) is 7.97. The van der Waals surface area contributed by atoms with Crippen LogP contribution in [-0.4, -0.2) is 31.1 Å². The van der Waals surface area contributed by atoms with Crippen molar-refractivity contribution >= 4 is 23.0 Å². The van der Waals surface area contributed by atoms with Crippen molar-refractivity contribution in [1.82, 2.24) is 14.5 Å². The normalized spacial score (nSPS) is 10.5. The summed E-state index contributed by atoms with van der Waals surface area (Å²) in [5.41, 5.74) is 0.470. The number of nitrogens with zero attached hydrogens (tertiary/aromatic N) is 4. The number of hydrogen-bond donors (Lipinski definition) is 3. The Labute approximate surface area is 149 Å². The zero-order chi connectivity index (χ0) is 18.4. The third-order valence-electron chi connectivity index (χ3n) is 3.66. The van der Waals surface area contributed by atoms with E-state index in [2.05, 4.69) is 20.6 Å². The van der Waals surface area contributed by atoms with E-state index in [1.807, 2.05) is 10.8 Å². The van der Waals surface area contributed by atoms with Crippen molar-refractivity contribution in [2.75, 3.05) is 17.2 Å². The molecule has 9 nitrogen and oxygen atoms in total. The van der Waals surface area contributed by atoms with Gasteiger partial charge in [-0.1, -0.05) is 0 Å². The number of aryl methyl sites for hydroxylation is 1. The Balaban J connectivity index is 1.67. The number of hydrogen-bond acceptors (Lipinski definition) is 7. The molecule has 0 aliphatic heterocycles. The summed E-state index contributed by atoms with van der Waals surface area (Å²) in [6.07, 6.45) is 6.23. The Hall–Kier alpha value is -3.62. The van der Waals surface area contributed by atoms with Gasteiger partial charge in [0, 0.05) is 37.2 Å². The molecule has 3 N–H and O–H groups in total. The molecule has 0 radical (unpaired) electrons. The van der Waals surface area contributed by atoms with E-state index in [1.54, 1.807) is 30.7 Å². The van der Waals surface area contributed by atoms with Crippen molar-refractivity contribution < 1.29 is 10.0 Å². The first kappa shape index (κ1) is 17.2. The minimum Gasteiger partial charge on any atom is -0.508 e. The van der Waals surface area contributed by atoms with E-state index in [4.69, 9.17) is 0 Å². The van der Waals surface area contributed by atoms with Crippen LogP contribution in [0, 0.1) is 10.1 Å². The molecular formula is C17H18N6O3. The third-order valence-corrected chi connectivity index (χ3v) is 3.66. The minimum absolute atomic E-state index is 0.117. The largest absolute Gasteiger partial charge is 0.508 e. The van der Waals surface area contributed by atoms with Crippen molar-refractivity contribution in [1.29, 1.82) is 0 Å². The van der Waals surface area contributed by atoms with Gasteiger partial charge in [-0.3, -0.25) is 10.1 Å². The van der Waals surface area contributed by atoms with Crippen LogP contribution in [0.3, 0.4) is 0 Å². The van der Waals surface area contributed by atoms with Gasteiger partial charge in [0.1, 0.15) is 11.6 Å². The zero-order valence-electron chi connectivity index (χ0n) is 13.9. The molecule has 0 aliphatic carbocycles. The van der Waals surface area contributed by atoms with E-state index in [9.17, 15) is 15.2 Å². The maximum absolute atomic E-state index is 11.2. The van der Waals surface area contributed by atoms with Gasteiger partial charge in [-0.15, -0.1) is 0 Å². The molecule has 2 heterocycles. The highest BCUT2D eigenvalue weighted by molar-refractivity contribution is 5.67. The lowest BCUT2D eigenvalue weighted by Gasteiger charge is -2.10. The predicted molar refractivity (Wildman–Crippen MR) is 97.6 cm³/mol. The quantitative estimate of drug-likeness (QED) is 0.246. The molecule has 0 amide bonds. The van der Waals surface area contributed by atoms with Gasteiger partial charge < -0.3 is 20.3 Å². The molecule has 0 unspecified atom stereocenters. The molecule has 0 saturated heterocycles. The summed E-state index contributed by atoms with van der Waals surface area (Å²) in [5, 5.41) is 26.6. The minimum atomic E-state index is -0.488. The van der Waals surface area contributed by atoms with Gasteiger partial charge in [0.25, 0.3) is 0 Å². The Morgan fingerprint density at radius 2 is 2.00 bits per heavy atom. The number of phenols is 1. The van der Waals surface area contributed by atoms with Crippen molar-refractivity contribution in [3.8, 4) is 5.75 Å². The first-order chi connectivity index (χ1) is 12.6. The topological polar surface area (TPSA) is 118 Å². The average molecular weight is 354 g/mol. The lowest BCUT2D eigenvalue weighted by molar-refractivity contribution is -0.384. The van der Waals surface area contributed by atoms with Crippen LogP contribution in [0.1, 0.15) is 6.42 Å². The summed E-state index contributed by atoms with van der Waals surface area (Å²) in [5.74, 6) is 0.800. The van der Waals surface area contributed by atoms with E-state index in [0.29, 0.717) is 18.1 Å². The van der Waals surface area contributed by atoms with Crippen molar-refractivity contribution in [3.63, 3.8) is 0 Å². The molecule has 0 bridgehead atoms. The highest BCUT2D eigenvalue weighted by Gasteiger charge is 2.16. The molecule has 9 heteroatoms. The van der Waals surface area contributed by atoms with Gasteiger partial charge in [0.2, 0.25) is 5.82 Å². The van der Waals surface area contributed by atoms with Gasteiger partial charge in [-0.05, 0) is 36.8 Å².